The Morgan fingerprint density at radius 3 is 2.77 bits per heavy atom. The Hall–Kier alpha value is -0.570. The van der Waals surface area contributed by atoms with Crippen molar-refractivity contribution in [3.8, 4) is 0 Å². The van der Waals surface area contributed by atoms with Gasteiger partial charge in [0.05, 0.1) is 11.9 Å². The lowest BCUT2D eigenvalue weighted by molar-refractivity contribution is 0.107. The molecule has 3 heteroatoms. The Balaban J connectivity index is 1.80. The highest BCUT2D eigenvalue weighted by Gasteiger charge is 2.27. The van der Waals surface area contributed by atoms with Gasteiger partial charge in [-0.05, 0) is 26.2 Å². The van der Waals surface area contributed by atoms with Crippen LogP contribution in [0, 0.1) is 11.8 Å². The van der Waals surface area contributed by atoms with Crippen LogP contribution in [0.15, 0.2) is 4.99 Å². The van der Waals surface area contributed by atoms with Gasteiger partial charge in [-0.25, -0.2) is 0 Å². The van der Waals surface area contributed by atoms with Crippen molar-refractivity contribution in [2.24, 2.45) is 22.6 Å². The summed E-state index contributed by atoms with van der Waals surface area (Å²) in [6.07, 6.45) is 4.00. The van der Waals surface area contributed by atoms with E-state index in [1.165, 1.54) is 12.8 Å². The maximum Gasteiger partial charge on any atom is 0.0968 e. The van der Waals surface area contributed by atoms with E-state index in [1.807, 2.05) is 0 Å². The molecule has 0 radical (unpaired) electrons. The second kappa shape index (κ2) is 3.66. The van der Waals surface area contributed by atoms with Crippen LogP contribution < -0.4 is 5.73 Å². The average Bonchev–Trinajstić information content (AvgIpc) is 2.88. The molecule has 2 N–H and O–H groups in total. The number of hydrogen-bond acceptors (Lipinski definition) is 2. The van der Waals surface area contributed by atoms with Crippen LogP contribution in [-0.4, -0.2) is 25.1 Å². The van der Waals surface area contributed by atoms with Crippen LogP contribution in [0.1, 0.15) is 26.2 Å². The molecule has 2 unspecified atom stereocenters. The zero-order chi connectivity index (χ0) is 9.26. The molecule has 2 rings (SSSR count). The van der Waals surface area contributed by atoms with Gasteiger partial charge in [-0.3, -0.25) is 4.99 Å². The molecule has 1 aliphatic heterocycles. The minimum atomic E-state index is 0.371. The molecule has 1 saturated heterocycles. The minimum absolute atomic E-state index is 0.371. The Labute approximate surface area is 79.4 Å². The van der Waals surface area contributed by atoms with E-state index in [1.54, 1.807) is 0 Å². The molecule has 2 fully saturated rings. The highest BCUT2D eigenvalue weighted by molar-refractivity contribution is 5.84. The first-order chi connectivity index (χ1) is 6.27. The maximum absolute atomic E-state index is 5.81. The predicted molar refractivity (Wildman–Crippen MR) is 52.7 cm³/mol. The highest BCUT2D eigenvalue weighted by atomic mass is 16.5. The van der Waals surface area contributed by atoms with Gasteiger partial charge in [0.2, 0.25) is 0 Å². The maximum atomic E-state index is 5.81. The summed E-state index contributed by atoms with van der Waals surface area (Å²) in [5.41, 5.74) is 5.81. The second-order valence-corrected chi connectivity index (χ2v) is 4.16. The second-order valence-electron chi connectivity index (χ2n) is 4.16. The lowest BCUT2D eigenvalue weighted by Gasteiger charge is -2.10. The van der Waals surface area contributed by atoms with E-state index in [4.69, 9.17) is 10.5 Å². The molecule has 0 aromatic heterocycles. The molecule has 13 heavy (non-hydrogen) atoms. The molecule has 1 saturated carbocycles. The molecule has 1 heterocycles. The largest absolute Gasteiger partial charge is 0.387 e. The number of nitrogens with zero attached hydrogens (tertiary/aromatic N) is 1. The summed E-state index contributed by atoms with van der Waals surface area (Å²) in [4.78, 5) is 4.43. The van der Waals surface area contributed by atoms with Gasteiger partial charge in [0.15, 0.2) is 0 Å². The van der Waals surface area contributed by atoms with Crippen molar-refractivity contribution >= 4 is 5.84 Å². The summed E-state index contributed by atoms with van der Waals surface area (Å²) in [6, 6.07) is 0. The fourth-order valence-corrected chi connectivity index (χ4v) is 1.75. The van der Waals surface area contributed by atoms with Crippen LogP contribution in [0.5, 0.6) is 0 Å². The summed E-state index contributed by atoms with van der Waals surface area (Å²) in [7, 11) is 0. The van der Waals surface area contributed by atoms with Gasteiger partial charge in [-0.15, -0.1) is 0 Å². The molecule has 0 spiro atoms. The lowest BCUT2D eigenvalue weighted by atomic mass is 10.0. The van der Waals surface area contributed by atoms with Crippen LogP contribution in [0.2, 0.25) is 0 Å². The minimum Gasteiger partial charge on any atom is -0.387 e. The van der Waals surface area contributed by atoms with Gasteiger partial charge in [0, 0.05) is 25.0 Å². The first kappa shape index (κ1) is 9.00. The van der Waals surface area contributed by atoms with Gasteiger partial charge < -0.3 is 10.5 Å². The first-order valence-corrected chi connectivity index (χ1v) is 5.19. The molecule has 0 bridgehead atoms. The van der Waals surface area contributed by atoms with E-state index < -0.39 is 0 Å². The molecule has 0 aromatic carbocycles. The lowest BCUT2D eigenvalue weighted by Crippen LogP contribution is -2.19. The average molecular weight is 182 g/mol. The number of hydrogen-bond donors (Lipinski definition) is 1. The van der Waals surface area contributed by atoms with E-state index >= 15 is 0 Å². The van der Waals surface area contributed by atoms with Gasteiger partial charge >= 0.3 is 0 Å². The highest BCUT2D eigenvalue weighted by Crippen LogP contribution is 2.29. The van der Waals surface area contributed by atoms with E-state index in [-0.39, 0.29) is 0 Å². The Kier molecular flexibility index (Phi) is 2.54. The van der Waals surface area contributed by atoms with E-state index in [0.29, 0.717) is 17.9 Å². The Bertz CT molecular complexity index is 211. The van der Waals surface area contributed by atoms with Crippen molar-refractivity contribution < 1.29 is 4.74 Å². The SMILES string of the molecule is CC1OCCC1CN=C(N)C1CC1. The molecule has 0 aromatic rings. The number of nitrogens with two attached hydrogens (primary N) is 1. The molecule has 74 valence electrons. The smallest absolute Gasteiger partial charge is 0.0968 e. The number of ether oxygens (including phenoxy) is 1. The van der Waals surface area contributed by atoms with Crippen molar-refractivity contribution in [1.82, 2.24) is 0 Å². The zero-order valence-corrected chi connectivity index (χ0v) is 8.20. The molecule has 2 aliphatic rings. The summed E-state index contributed by atoms with van der Waals surface area (Å²) in [5, 5.41) is 0. The summed E-state index contributed by atoms with van der Waals surface area (Å²) in [5.74, 6) is 2.08. The van der Waals surface area contributed by atoms with Gasteiger partial charge in [0.25, 0.3) is 0 Å². The van der Waals surface area contributed by atoms with Gasteiger partial charge in [0.1, 0.15) is 0 Å². The van der Waals surface area contributed by atoms with Crippen molar-refractivity contribution in [2.75, 3.05) is 13.2 Å². The standard InChI is InChI=1S/C10H18N2O/c1-7-9(4-5-13-7)6-12-10(11)8-2-3-8/h7-9H,2-6H2,1H3,(H2,11,12). The third-order valence-electron chi connectivity index (χ3n) is 3.04. The summed E-state index contributed by atoms with van der Waals surface area (Å²) in [6.45, 7) is 3.88. The fourth-order valence-electron chi connectivity index (χ4n) is 1.75. The van der Waals surface area contributed by atoms with Crippen molar-refractivity contribution in [1.29, 1.82) is 0 Å². The Morgan fingerprint density at radius 1 is 1.46 bits per heavy atom. The molecule has 3 nitrogen and oxygen atoms in total. The van der Waals surface area contributed by atoms with Crippen LogP contribution in [0.4, 0.5) is 0 Å². The van der Waals surface area contributed by atoms with Gasteiger partial charge in [-0.1, -0.05) is 0 Å². The molecule has 1 aliphatic carbocycles. The Morgan fingerprint density at radius 2 is 2.23 bits per heavy atom. The molecular weight excluding hydrogens is 164 g/mol. The predicted octanol–water partition coefficient (Wildman–Crippen LogP) is 1.18. The number of amidine groups is 1. The van der Waals surface area contributed by atoms with Crippen LogP contribution in [-0.2, 0) is 4.74 Å². The van der Waals surface area contributed by atoms with Crippen LogP contribution >= 0.6 is 0 Å². The van der Waals surface area contributed by atoms with E-state index in [2.05, 4.69) is 11.9 Å². The quantitative estimate of drug-likeness (QED) is 0.526. The molecular formula is C10H18N2O. The number of aliphatic imine (C=N–C) groups is 1. The van der Waals surface area contributed by atoms with E-state index in [9.17, 15) is 0 Å². The third kappa shape index (κ3) is 2.21. The first-order valence-electron chi connectivity index (χ1n) is 5.19. The van der Waals surface area contributed by atoms with Crippen molar-refractivity contribution in [2.45, 2.75) is 32.3 Å². The normalized spacial score (nSPS) is 35.3. The summed E-state index contributed by atoms with van der Waals surface area (Å²) < 4.78 is 5.46. The topological polar surface area (TPSA) is 47.6 Å². The van der Waals surface area contributed by atoms with E-state index in [0.717, 1.165) is 25.4 Å². The molecule has 2 atom stereocenters. The summed E-state index contributed by atoms with van der Waals surface area (Å²) >= 11 is 0. The molecule has 0 amide bonds. The van der Waals surface area contributed by atoms with Crippen molar-refractivity contribution in [3.05, 3.63) is 0 Å². The monoisotopic (exact) mass is 182 g/mol. The third-order valence-corrected chi connectivity index (χ3v) is 3.04. The van der Waals surface area contributed by atoms with Gasteiger partial charge in [-0.2, -0.15) is 0 Å². The van der Waals surface area contributed by atoms with Crippen molar-refractivity contribution in [3.63, 3.8) is 0 Å². The van der Waals surface area contributed by atoms with Crippen LogP contribution in [0.3, 0.4) is 0 Å². The zero-order valence-electron chi connectivity index (χ0n) is 8.20. The fraction of sp³-hybridized carbons (Fsp3) is 0.900. The van der Waals surface area contributed by atoms with Crippen LogP contribution in [0.25, 0.3) is 0 Å². The number of rotatable bonds is 3.